The topological polar surface area (TPSA) is 21.3 Å². The van der Waals surface area contributed by atoms with E-state index in [1.54, 1.807) is 18.4 Å². The number of hydrogen-bond acceptors (Lipinski definition) is 3. The zero-order chi connectivity index (χ0) is 12.7. The van der Waals surface area contributed by atoms with E-state index in [9.17, 15) is 0 Å². The summed E-state index contributed by atoms with van der Waals surface area (Å²) in [5.41, 5.74) is 0. The van der Waals surface area contributed by atoms with Gasteiger partial charge in [-0.3, -0.25) is 0 Å². The fourth-order valence-corrected chi connectivity index (χ4v) is 2.99. The van der Waals surface area contributed by atoms with Crippen molar-refractivity contribution in [1.82, 2.24) is 5.32 Å². The Hall–Kier alpha value is -0.0900. The summed E-state index contributed by atoms with van der Waals surface area (Å²) in [6.07, 6.45) is 3.62. The molecule has 0 spiro atoms. The van der Waals surface area contributed by atoms with Gasteiger partial charge in [-0.15, -0.1) is 11.3 Å². The number of ether oxygens (including phenoxy) is 1. The smallest absolute Gasteiger partial charge is 0.0931 e. The molecule has 2 nitrogen and oxygen atoms in total. The van der Waals surface area contributed by atoms with Gasteiger partial charge in [0.2, 0.25) is 0 Å². The Kier molecular flexibility index (Phi) is 7.12. The van der Waals surface area contributed by atoms with E-state index >= 15 is 0 Å². The first-order valence-corrected chi connectivity index (χ1v) is 7.35. The van der Waals surface area contributed by atoms with Crippen molar-refractivity contribution in [2.24, 2.45) is 0 Å². The molecule has 0 fully saturated rings. The minimum Gasteiger partial charge on any atom is -0.382 e. The van der Waals surface area contributed by atoms with Gasteiger partial charge in [0, 0.05) is 18.0 Å². The van der Waals surface area contributed by atoms with Gasteiger partial charge in [-0.25, -0.2) is 0 Å². The first-order valence-electron chi connectivity index (χ1n) is 6.16. The summed E-state index contributed by atoms with van der Waals surface area (Å²) in [6, 6.07) is 4.62. The predicted octanol–water partition coefficient (Wildman–Crippen LogP) is 3.74. The van der Waals surface area contributed by atoms with E-state index in [0.29, 0.717) is 12.1 Å². The number of rotatable bonds is 8. The highest BCUT2D eigenvalue weighted by Gasteiger charge is 2.11. The van der Waals surface area contributed by atoms with Crippen LogP contribution in [0, 0.1) is 0 Å². The molecule has 0 aliphatic heterocycles. The lowest BCUT2D eigenvalue weighted by atomic mass is 10.0. The first kappa shape index (κ1) is 15.0. The summed E-state index contributed by atoms with van der Waals surface area (Å²) in [4.78, 5) is 1.35. The van der Waals surface area contributed by atoms with Crippen molar-refractivity contribution in [1.29, 1.82) is 0 Å². The number of nitrogens with one attached hydrogen (secondary N) is 1. The SMILES string of the molecule is CCNC(CCC(C)OC)Cc1ccc(Cl)s1. The van der Waals surface area contributed by atoms with E-state index in [-0.39, 0.29) is 0 Å². The molecule has 0 aromatic carbocycles. The number of halogens is 1. The van der Waals surface area contributed by atoms with Crippen LogP contribution in [0.1, 0.15) is 31.6 Å². The molecule has 17 heavy (non-hydrogen) atoms. The average molecular weight is 276 g/mol. The lowest BCUT2D eigenvalue weighted by Crippen LogP contribution is -2.31. The molecule has 1 aromatic rings. The summed E-state index contributed by atoms with van der Waals surface area (Å²) < 4.78 is 6.16. The van der Waals surface area contributed by atoms with E-state index < -0.39 is 0 Å². The Bertz CT molecular complexity index is 316. The molecule has 0 radical (unpaired) electrons. The number of likely N-dealkylation sites (N-methyl/N-ethyl adjacent to an activating group) is 1. The van der Waals surface area contributed by atoms with Crippen LogP contribution in [-0.4, -0.2) is 25.8 Å². The molecule has 0 saturated heterocycles. The summed E-state index contributed by atoms with van der Waals surface area (Å²) in [6.45, 7) is 5.27. The number of thiophene rings is 1. The van der Waals surface area contributed by atoms with Crippen LogP contribution in [0.15, 0.2) is 12.1 Å². The normalized spacial score (nSPS) is 14.8. The lowest BCUT2D eigenvalue weighted by Gasteiger charge is -2.19. The van der Waals surface area contributed by atoms with E-state index in [0.717, 1.165) is 30.1 Å². The second-order valence-electron chi connectivity index (χ2n) is 4.29. The molecule has 0 amide bonds. The van der Waals surface area contributed by atoms with Gasteiger partial charge in [0.1, 0.15) is 0 Å². The third kappa shape index (κ3) is 5.87. The molecule has 0 aliphatic carbocycles. The molecule has 1 heterocycles. The Morgan fingerprint density at radius 3 is 2.71 bits per heavy atom. The van der Waals surface area contributed by atoms with Crippen LogP contribution < -0.4 is 5.32 Å². The van der Waals surface area contributed by atoms with Crippen molar-refractivity contribution in [3.63, 3.8) is 0 Å². The molecule has 1 aromatic heterocycles. The van der Waals surface area contributed by atoms with E-state index in [1.165, 1.54) is 4.88 Å². The maximum absolute atomic E-state index is 5.95. The molecule has 0 saturated carbocycles. The summed E-state index contributed by atoms with van der Waals surface area (Å²) in [5, 5.41) is 3.53. The molecule has 2 atom stereocenters. The maximum atomic E-state index is 5.95. The van der Waals surface area contributed by atoms with Crippen molar-refractivity contribution in [2.75, 3.05) is 13.7 Å². The molecular weight excluding hydrogens is 254 g/mol. The molecule has 4 heteroatoms. The van der Waals surface area contributed by atoms with Gasteiger partial charge in [0.25, 0.3) is 0 Å². The molecule has 0 bridgehead atoms. The monoisotopic (exact) mass is 275 g/mol. The Morgan fingerprint density at radius 2 is 2.18 bits per heavy atom. The van der Waals surface area contributed by atoms with Crippen LogP contribution >= 0.6 is 22.9 Å². The summed E-state index contributed by atoms with van der Waals surface area (Å²) >= 11 is 7.63. The molecule has 2 unspecified atom stereocenters. The van der Waals surface area contributed by atoms with Crippen molar-refractivity contribution >= 4 is 22.9 Å². The summed E-state index contributed by atoms with van der Waals surface area (Å²) in [5.74, 6) is 0. The second-order valence-corrected chi connectivity index (χ2v) is 6.09. The van der Waals surface area contributed by atoms with Gasteiger partial charge in [0.05, 0.1) is 10.4 Å². The van der Waals surface area contributed by atoms with Crippen LogP contribution in [0.2, 0.25) is 4.34 Å². The zero-order valence-electron chi connectivity index (χ0n) is 10.8. The van der Waals surface area contributed by atoms with Crippen LogP contribution in [0.4, 0.5) is 0 Å². The van der Waals surface area contributed by atoms with Crippen molar-refractivity contribution in [3.8, 4) is 0 Å². The number of hydrogen-bond donors (Lipinski definition) is 1. The fraction of sp³-hybridized carbons (Fsp3) is 0.692. The lowest BCUT2D eigenvalue weighted by molar-refractivity contribution is 0.106. The van der Waals surface area contributed by atoms with Crippen molar-refractivity contribution < 1.29 is 4.74 Å². The van der Waals surface area contributed by atoms with Crippen LogP contribution in [-0.2, 0) is 11.2 Å². The maximum Gasteiger partial charge on any atom is 0.0931 e. The van der Waals surface area contributed by atoms with E-state index in [4.69, 9.17) is 16.3 Å². The third-order valence-electron chi connectivity index (χ3n) is 2.89. The highest BCUT2D eigenvalue weighted by Crippen LogP contribution is 2.23. The highest BCUT2D eigenvalue weighted by molar-refractivity contribution is 7.16. The van der Waals surface area contributed by atoms with Crippen molar-refractivity contribution in [3.05, 3.63) is 21.3 Å². The minimum absolute atomic E-state index is 0.336. The standard InChI is InChI=1S/C13H22ClNOS/c1-4-15-11(6-5-10(2)16-3)9-12-7-8-13(14)17-12/h7-8,10-11,15H,4-6,9H2,1-3H3. The van der Waals surface area contributed by atoms with Gasteiger partial charge in [0.15, 0.2) is 0 Å². The van der Waals surface area contributed by atoms with Crippen LogP contribution in [0.5, 0.6) is 0 Å². The second kappa shape index (κ2) is 8.09. The quantitative estimate of drug-likeness (QED) is 0.780. The first-order chi connectivity index (χ1) is 8.15. The van der Waals surface area contributed by atoms with Crippen molar-refractivity contribution in [2.45, 2.75) is 45.3 Å². The molecule has 98 valence electrons. The highest BCUT2D eigenvalue weighted by atomic mass is 35.5. The van der Waals surface area contributed by atoms with Gasteiger partial charge >= 0.3 is 0 Å². The Balaban J connectivity index is 2.42. The Labute approximate surface area is 113 Å². The van der Waals surface area contributed by atoms with Gasteiger partial charge in [-0.05, 0) is 44.9 Å². The van der Waals surface area contributed by atoms with E-state index in [1.807, 2.05) is 6.07 Å². The largest absolute Gasteiger partial charge is 0.382 e. The zero-order valence-corrected chi connectivity index (χ0v) is 12.4. The van der Waals surface area contributed by atoms with Gasteiger partial charge in [-0.1, -0.05) is 18.5 Å². The van der Waals surface area contributed by atoms with Crippen LogP contribution in [0.25, 0.3) is 0 Å². The van der Waals surface area contributed by atoms with E-state index in [2.05, 4.69) is 25.2 Å². The van der Waals surface area contributed by atoms with Crippen LogP contribution in [0.3, 0.4) is 0 Å². The fourth-order valence-electron chi connectivity index (χ4n) is 1.82. The van der Waals surface area contributed by atoms with Gasteiger partial charge < -0.3 is 10.1 Å². The summed E-state index contributed by atoms with van der Waals surface area (Å²) in [7, 11) is 1.77. The molecule has 1 rings (SSSR count). The van der Waals surface area contributed by atoms with Gasteiger partial charge in [-0.2, -0.15) is 0 Å². The minimum atomic E-state index is 0.336. The Morgan fingerprint density at radius 1 is 1.41 bits per heavy atom. The number of methoxy groups -OCH3 is 1. The molecule has 0 aliphatic rings. The molecule has 1 N–H and O–H groups in total. The third-order valence-corrected chi connectivity index (χ3v) is 4.15. The molecular formula is C13H22ClNOS. The predicted molar refractivity (Wildman–Crippen MR) is 76.2 cm³/mol. The average Bonchev–Trinajstić information content (AvgIpc) is 2.71.